The Morgan fingerprint density at radius 3 is 3.06 bits per heavy atom. The molecular formula is C10H13N5O2. The first-order valence-electron chi connectivity index (χ1n) is 5.22. The SMILES string of the molecule is [C-]#[N+][C@H]1CCOCC1n1cc(C(N)=O)c(N)n1. The first kappa shape index (κ1) is 11.4. The number of nitrogens with zero attached hydrogens (tertiary/aromatic N) is 3. The van der Waals surface area contributed by atoms with Crippen molar-refractivity contribution in [2.75, 3.05) is 18.9 Å². The Morgan fingerprint density at radius 2 is 2.47 bits per heavy atom. The Morgan fingerprint density at radius 1 is 1.71 bits per heavy atom. The third kappa shape index (κ3) is 2.07. The summed E-state index contributed by atoms with van der Waals surface area (Å²) in [5, 5.41) is 4.02. The molecule has 1 aliphatic rings. The maximum Gasteiger partial charge on any atom is 0.254 e. The number of hydrogen-bond donors (Lipinski definition) is 2. The minimum atomic E-state index is -0.621. The van der Waals surface area contributed by atoms with Crippen molar-refractivity contribution in [1.82, 2.24) is 9.78 Å². The first-order chi connectivity index (χ1) is 8.13. The van der Waals surface area contributed by atoms with Gasteiger partial charge in [0, 0.05) is 12.6 Å². The van der Waals surface area contributed by atoms with Crippen molar-refractivity contribution >= 4 is 11.7 Å². The highest BCUT2D eigenvalue weighted by Crippen LogP contribution is 2.24. The minimum Gasteiger partial charge on any atom is -0.382 e. The molecule has 90 valence electrons. The Hall–Kier alpha value is -2.07. The normalized spacial score (nSPS) is 24.2. The summed E-state index contributed by atoms with van der Waals surface area (Å²) < 4.78 is 6.83. The number of nitrogen functional groups attached to an aromatic ring is 1. The molecule has 0 bridgehead atoms. The zero-order chi connectivity index (χ0) is 12.4. The van der Waals surface area contributed by atoms with Gasteiger partial charge in [0.1, 0.15) is 11.6 Å². The Balaban J connectivity index is 2.30. The van der Waals surface area contributed by atoms with Gasteiger partial charge in [-0.25, -0.2) is 6.57 Å². The molecule has 1 fully saturated rings. The van der Waals surface area contributed by atoms with Crippen LogP contribution in [0, 0.1) is 6.57 Å². The summed E-state index contributed by atoms with van der Waals surface area (Å²) in [6, 6.07) is -0.416. The minimum absolute atomic E-state index is 0.0896. The maximum atomic E-state index is 11.1. The number of hydrogen-bond acceptors (Lipinski definition) is 4. The molecule has 1 saturated heterocycles. The van der Waals surface area contributed by atoms with Crippen LogP contribution in [0.5, 0.6) is 0 Å². The van der Waals surface area contributed by atoms with E-state index in [0.717, 1.165) is 0 Å². The van der Waals surface area contributed by atoms with Gasteiger partial charge in [-0.1, -0.05) is 0 Å². The van der Waals surface area contributed by atoms with Gasteiger partial charge in [-0.05, 0) is 0 Å². The van der Waals surface area contributed by atoms with Crippen LogP contribution < -0.4 is 11.5 Å². The van der Waals surface area contributed by atoms with E-state index in [1.165, 1.54) is 10.9 Å². The molecule has 1 amide bonds. The number of anilines is 1. The largest absolute Gasteiger partial charge is 0.382 e. The number of carbonyl (C=O) groups is 1. The molecule has 4 N–H and O–H groups in total. The van der Waals surface area contributed by atoms with E-state index in [1.807, 2.05) is 0 Å². The summed E-state index contributed by atoms with van der Waals surface area (Å²) >= 11 is 0. The van der Waals surface area contributed by atoms with Gasteiger partial charge in [-0.2, -0.15) is 5.10 Å². The van der Waals surface area contributed by atoms with Crippen LogP contribution in [-0.4, -0.2) is 34.9 Å². The van der Waals surface area contributed by atoms with Crippen LogP contribution in [0.4, 0.5) is 5.82 Å². The van der Waals surface area contributed by atoms with Gasteiger partial charge >= 0.3 is 0 Å². The lowest BCUT2D eigenvalue weighted by molar-refractivity contribution is 0.0506. The van der Waals surface area contributed by atoms with E-state index in [2.05, 4.69) is 9.94 Å². The average Bonchev–Trinajstić information content (AvgIpc) is 2.71. The molecule has 0 spiro atoms. The summed E-state index contributed by atoms with van der Waals surface area (Å²) in [7, 11) is 0. The third-order valence-corrected chi connectivity index (χ3v) is 2.82. The molecule has 1 unspecified atom stereocenters. The third-order valence-electron chi connectivity index (χ3n) is 2.82. The van der Waals surface area contributed by atoms with E-state index in [1.54, 1.807) is 0 Å². The quantitative estimate of drug-likeness (QED) is 0.694. The summed E-state index contributed by atoms with van der Waals surface area (Å²) in [4.78, 5) is 14.6. The van der Waals surface area contributed by atoms with Crippen LogP contribution in [-0.2, 0) is 4.74 Å². The van der Waals surface area contributed by atoms with Gasteiger partial charge in [-0.15, -0.1) is 0 Å². The van der Waals surface area contributed by atoms with Gasteiger partial charge in [0.15, 0.2) is 5.82 Å². The summed E-state index contributed by atoms with van der Waals surface area (Å²) in [6.07, 6.45) is 2.13. The van der Waals surface area contributed by atoms with Gasteiger partial charge in [0.2, 0.25) is 6.04 Å². The number of primary amides is 1. The number of amides is 1. The van der Waals surface area contributed by atoms with E-state index in [-0.39, 0.29) is 23.5 Å². The maximum absolute atomic E-state index is 11.1. The molecule has 17 heavy (non-hydrogen) atoms. The molecule has 7 nitrogen and oxygen atoms in total. The van der Waals surface area contributed by atoms with Crippen molar-refractivity contribution in [2.45, 2.75) is 18.5 Å². The Labute approximate surface area is 98.1 Å². The smallest absolute Gasteiger partial charge is 0.254 e. The highest BCUT2D eigenvalue weighted by molar-refractivity contribution is 5.96. The predicted octanol–water partition coefficient (Wildman–Crippen LogP) is -0.187. The lowest BCUT2D eigenvalue weighted by Crippen LogP contribution is -2.32. The zero-order valence-corrected chi connectivity index (χ0v) is 9.17. The molecule has 1 aliphatic heterocycles. The summed E-state index contributed by atoms with van der Waals surface area (Å²) in [5.41, 5.74) is 10.9. The lowest BCUT2D eigenvalue weighted by atomic mass is 10.1. The average molecular weight is 235 g/mol. The topological polar surface area (TPSA) is 101 Å². The molecule has 2 atom stereocenters. The van der Waals surface area contributed by atoms with Crippen LogP contribution in [0.3, 0.4) is 0 Å². The van der Waals surface area contributed by atoms with Crippen molar-refractivity contribution < 1.29 is 9.53 Å². The lowest BCUT2D eigenvalue weighted by Gasteiger charge is -2.23. The first-order valence-corrected chi connectivity index (χ1v) is 5.22. The van der Waals surface area contributed by atoms with Crippen molar-refractivity contribution in [3.05, 3.63) is 23.2 Å². The van der Waals surface area contributed by atoms with Gasteiger partial charge in [0.25, 0.3) is 5.91 Å². The van der Waals surface area contributed by atoms with Crippen molar-refractivity contribution in [3.63, 3.8) is 0 Å². The fraction of sp³-hybridized carbons (Fsp3) is 0.500. The van der Waals surface area contributed by atoms with Crippen LogP contribution >= 0.6 is 0 Å². The van der Waals surface area contributed by atoms with Gasteiger partial charge < -0.3 is 21.0 Å². The molecule has 1 aromatic heterocycles. The van der Waals surface area contributed by atoms with Gasteiger partial charge in [0.05, 0.1) is 13.2 Å². The second-order valence-corrected chi connectivity index (χ2v) is 3.90. The molecule has 2 rings (SSSR count). The highest BCUT2D eigenvalue weighted by atomic mass is 16.5. The second kappa shape index (κ2) is 4.43. The van der Waals surface area contributed by atoms with Gasteiger partial charge in [-0.3, -0.25) is 9.48 Å². The second-order valence-electron chi connectivity index (χ2n) is 3.90. The molecule has 0 aromatic carbocycles. The van der Waals surface area contributed by atoms with Crippen molar-refractivity contribution in [2.24, 2.45) is 5.73 Å². The van der Waals surface area contributed by atoms with Crippen LogP contribution in [0.2, 0.25) is 0 Å². The summed E-state index contributed by atoms with van der Waals surface area (Å²) in [6.45, 7) is 8.09. The van der Waals surface area contributed by atoms with Crippen LogP contribution in [0.1, 0.15) is 22.8 Å². The standard InChI is InChI=1S/C10H13N5O2/c1-13-7-2-3-17-5-8(7)15-4-6(10(12)16)9(11)14-15/h4,7-8H,2-3,5H2,(H2,11,14)(H2,12,16)/t7-,8?/m0/s1. The monoisotopic (exact) mass is 235 g/mol. The molecule has 0 aliphatic carbocycles. The number of nitrogens with two attached hydrogens (primary N) is 2. The molecule has 0 saturated carbocycles. The van der Waals surface area contributed by atoms with E-state index in [4.69, 9.17) is 22.8 Å². The number of rotatable bonds is 2. The molecule has 0 radical (unpaired) electrons. The summed E-state index contributed by atoms with van der Waals surface area (Å²) in [5.74, 6) is -0.531. The fourth-order valence-electron chi connectivity index (χ4n) is 1.88. The predicted molar refractivity (Wildman–Crippen MR) is 60.0 cm³/mol. The number of aromatic nitrogens is 2. The van der Waals surface area contributed by atoms with E-state index < -0.39 is 5.91 Å². The number of ether oxygens (including phenoxy) is 1. The Kier molecular flexibility index (Phi) is 2.97. The highest BCUT2D eigenvalue weighted by Gasteiger charge is 2.33. The van der Waals surface area contributed by atoms with Crippen LogP contribution in [0.25, 0.3) is 4.85 Å². The van der Waals surface area contributed by atoms with Crippen molar-refractivity contribution in [1.29, 1.82) is 0 Å². The van der Waals surface area contributed by atoms with E-state index >= 15 is 0 Å². The Bertz CT molecular complexity index is 476. The molecule has 2 heterocycles. The molecular weight excluding hydrogens is 222 g/mol. The van der Waals surface area contributed by atoms with Crippen molar-refractivity contribution in [3.8, 4) is 0 Å². The fourth-order valence-corrected chi connectivity index (χ4v) is 1.88. The van der Waals surface area contributed by atoms with E-state index in [0.29, 0.717) is 19.6 Å². The van der Waals surface area contributed by atoms with Crippen LogP contribution in [0.15, 0.2) is 6.20 Å². The molecule has 7 heteroatoms. The number of carbonyl (C=O) groups excluding carboxylic acids is 1. The zero-order valence-electron chi connectivity index (χ0n) is 9.17. The molecule has 1 aromatic rings. The van der Waals surface area contributed by atoms with E-state index in [9.17, 15) is 4.79 Å².